The summed E-state index contributed by atoms with van der Waals surface area (Å²) < 4.78 is 32.5. The molecule has 0 aliphatic heterocycles. The first-order valence-corrected chi connectivity index (χ1v) is 7.42. The molecule has 120 valence electrons. The molecular weight excluding hydrogens is 302 g/mol. The van der Waals surface area contributed by atoms with Gasteiger partial charge in [-0.1, -0.05) is 6.07 Å². The molecule has 1 atom stereocenters. The fourth-order valence-corrected chi connectivity index (χ4v) is 2.22. The van der Waals surface area contributed by atoms with Crippen LogP contribution < -0.4 is 5.32 Å². The summed E-state index contributed by atoms with van der Waals surface area (Å²) in [5, 5.41) is 3.20. The Balaban J connectivity index is 1.68. The highest BCUT2D eigenvalue weighted by atomic mass is 19.1. The number of aromatic nitrogens is 1. The predicted octanol–water partition coefficient (Wildman–Crippen LogP) is 3.85. The molecule has 1 aliphatic rings. The number of esters is 1. The van der Waals surface area contributed by atoms with E-state index >= 15 is 0 Å². The van der Waals surface area contributed by atoms with Crippen LogP contribution in [0.4, 0.5) is 14.6 Å². The van der Waals surface area contributed by atoms with Gasteiger partial charge in [0.2, 0.25) is 0 Å². The maximum absolute atomic E-state index is 13.7. The number of hydrogen-bond acceptors (Lipinski definition) is 4. The van der Waals surface area contributed by atoms with Gasteiger partial charge in [-0.3, -0.25) is 0 Å². The molecule has 0 spiro atoms. The van der Waals surface area contributed by atoms with Gasteiger partial charge in [0.15, 0.2) is 0 Å². The van der Waals surface area contributed by atoms with Crippen molar-refractivity contribution in [2.75, 3.05) is 5.32 Å². The molecule has 1 aliphatic carbocycles. The summed E-state index contributed by atoms with van der Waals surface area (Å²) in [5.74, 6) is -1.47. The molecule has 1 aromatic heterocycles. The summed E-state index contributed by atoms with van der Waals surface area (Å²) in [6.45, 7) is 1.43. The normalized spacial score (nSPS) is 15.1. The highest BCUT2D eigenvalue weighted by Gasteiger charge is 2.22. The molecule has 1 N–H and O–H groups in total. The van der Waals surface area contributed by atoms with Crippen molar-refractivity contribution in [3.63, 3.8) is 0 Å². The molecule has 0 radical (unpaired) electrons. The van der Waals surface area contributed by atoms with Crippen molar-refractivity contribution in [2.24, 2.45) is 0 Å². The van der Waals surface area contributed by atoms with Gasteiger partial charge >= 0.3 is 5.97 Å². The van der Waals surface area contributed by atoms with Crippen molar-refractivity contribution < 1.29 is 18.3 Å². The van der Waals surface area contributed by atoms with Gasteiger partial charge in [-0.25, -0.2) is 18.6 Å². The van der Waals surface area contributed by atoms with Crippen molar-refractivity contribution in [2.45, 2.75) is 31.9 Å². The van der Waals surface area contributed by atoms with Crippen molar-refractivity contribution in [3.05, 3.63) is 59.3 Å². The number of nitrogens with one attached hydrogen (secondary N) is 1. The first kappa shape index (κ1) is 15.4. The second-order valence-electron chi connectivity index (χ2n) is 5.53. The Morgan fingerprint density at radius 2 is 1.96 bits per heavy atom. The van der Waals surface area contributed by atoms with E-state index in [4.69, 9.17) is 4.74 Å². The second-order valence-corrected chi connectivity index (χ2v) is 5.53. The van der Waals surface area contributed by atoms with Gasteiger partial charge < -0.3 is 10.1 Å². The molecule has 23 heavy (non-hydrogen) atoms. The van der Waals surface area contributed by atoms with Crippen LogP contribution in [-0.2, 0) is 4.74 Å². The number of ether oxygens (including phenoxy) is 1. The molecule has 1 saturated carbocycles. The van der Waals surface area contributed by atoms with Crippen LogP contribution in [0.5, 0.6) is 0 Å². The number of pyridine rings is 1. The van der Waals surface area contributed by atoms with Gasteiger partial charge in [0.1, 0.15) is 23.6 Å². The largest absolute Gasteiger partial charge is 0.454 e. The highest BCUT2D eigenvalue weighted by Crippen LogP contribution is 2.25. The van der Waals surface area contributed by atoms with Gasteiger partial charge in [0.05, 0.1) is 11.1 Å². The molecule has 0 bridgehead atoms. The zero-order chi connectivity index (χ0) is 16.4. The summed E-state index contributed by atoms with van der Waals surface area (Å²) in [6, 6.07) is 7.24. The smallest absolute Gasteiger partial charge is 0.340 e. The lowest BCUT2D eigenvalue weighted by Gasteiger charge is -2.15. The summed E-state index contributed by atoms with van der Waals surface area (Å²) >= 11 is 0. The maximum Gasteiger partial charge on any atom is 0.340 e. The number of anilines is 1. The molecule has 1 heterocycles. The Kier molecular flexibility index (Phi) is 4.23. The van der Waals surface area contributed by atoms with E-state index in [-0.39, 0.29) is 11.1 Å². The summed E-state index contributed by atoms with van der Waals surface area (Å²) in [7, 11) is 0. The van der Waals surface area contributed by atoms with Gasteiger partial charge in [-0.15, -0.1) is 0 Å². The van der Waals surface area contributed by atoms with Crippen molar-refractivity contribution >= 4 is 11.8 Å². The standard InChI is InChI=1S/C17H16F2N2O2/c1-10(16-13(18)3-2-4-14(16)19)23-17(22)11-5-8-15(20-9-11)21-12-6-7-12/h2-5,8-10,12H,6-7H2,1H3,(H,20,21). The van der Waals surface area contributed by atoms with E-state index in [0.717, 1.165) is 25.0 Å². The zero-order valence-electron chi connectivity index (χ0n) is 12.6. The average Bonchev–Trinajstić information content (AvgIpc) is 3.31. The lowest BCUT2D eigenvalue weighted by atomic mass is 10.1. The minimum absolute atomic E-state index is 0.231. The van der Waals surface area contributed by atoms with Crippen LogP contribution in [0, 0.1) is 11.6 Å². The molecule has 0 amide bonds. The van der Waals surface area contributed by atoms with Crippen LogP contribution in [0.3, 0.4) is 0 Å². The van der Waals surface area contributed by atoms with Crippen LogP contribution >= 0.6 is 0 Å². The molecule has 1 fully saturated rings. The van der Waals surface area contributed by atoms with Crippen LogP contribution in [0.15, 0.2) is 36.5 Å². The number of carbonyl (C=O) groups is 1. The van der Waals surface area contributed by atoms with Crippen molar-refractivity contribution in [1.29, 1.82) is 0 Å². The third-order valence-electron chi connectivity index (χ3n) is 3.62. The monoisotopic (exact) mass is 318 g/mol. The molecule has 1 unspecified atom stereocenters. The lowest BCUT2D eigenvalue weighted by molar-refractivity contribution is 0.0324. The summed E-state index contributed by atoms with van der Waals surface area (Å²) in [6.07, 6.45) is 2.60. The number of rotatable bonds is 5. The minimum atomic E-state index is -1.03. The molecule has 1 aromatic carbocycles. The van der Waals surface area contributed by atoms with Crippen LogP contribution in [0.1, 0.15) is 41.8 Å². The fraction of sp³-hybridized carbons (Fsp3) is 0.294. The minimum Gasteiger partial charge on any atom is -0.454 e. The molecule has 6 heteroatoms. The van der Waals surface area contributed by atoms with Crippen LogP contribution in [0.2, 0.25) is 0 Å². The zero-order valence-corrected chi connectivity index (χ0v) is 12.6. The molecule has 0 saturated heterocycles. The van der Waals surface area contributed by atoms with Crippen molar-refractivity contribution in [1.82, 2.24) is 4.98 Å². The molecule has 2 aromatic rings. The highest BCUT2D eigenvalue weighted by molar-refractivity contribution is 5.89. The number of benzene rings is 1. The third-order valence-corrected chi connectivity index (χ3v) is 3.62. The van der Waals surface area contributed by atoms with E-state index in [2.05, 4.69) is 10.3 Å². The van der Waals surface area contributed by atoms with E-state index in [1.807, 2.05) is 0 Å². The Labute approximate surface area is 132 Å². The topological polar surface area (TPSA) is 51.2 Å². The number of carbonyl (C=O) groups excluding carboxylic acids is 1. The number of nitrogens with zero attached hydrogens (tertiary/aromatic N) is 1. The lowest BCUT2D eigenvalue weighted by Crippen LogP contribution is -2.12. The van der Waals surface area contributed by atoms with Gasteiger partial charge in [0, 0.05) is 12.2 Å². The van der Waals surface area contributed by atoms with E-state index in [1.54, 1.807) is 12.1 Å². The summed E-state index contributed by atoms with van der Waals surface area (Å²) in [4.78, 5) is 16.2. The Morgan fingerprint density at radius 3 is 2.52 bits per heavy atom. The first-order valence-electron chi connectivity index (χ1n) is 7.42. The van der Waals surface area contributed by atoms with E-state index in [9.17, 15) is 13.6 Å². The van der Waals surface area contributed by atoms with Crippen LogP contribution in [-0.4, -0.2) is 17.0 Å². The molecule has 3 rings (SSSR count). The Bertz CT molecular complexity index is 695. The van der Waals surface area contributed by atoms with E-state index < -0.39 is 23.7 Å². The van der Waals surface area contributed by atoms with Gasteiger partial charge in [0.25, 0.3) is 0 Å². The third kappa shape index (κ3) is 3.64. The first-order chi connectivity index (χ1) is 11.0. The quantitative estimate of drug-likeness (QED) is 0.851. The van der Waals surface area contributed by atoms with E-state index in [1.165, 1.54) is 19.2 Å². The van der Waals surface area contributed by atoms with Gasteiger partial charge in [-0.2, -0.15) is 0 Å². The second kappa shape index (κ2) is 6.32. The van der Waals surface area contributed by atoms with Crippen molar-refractivity contribution in [3.8, 4) is 0 Å². The van der Waals surface area contributed by atoms with E-state index in [0.29, 0.717) is 11.9 Å². The predicted molar refractivity (Wildman–Crippen MR) is 81.1 cm³/mol. The fourth-order valence-electron chi connectivity index (χ4n) is 2.22. The summed E-state index contributed by atoms with van der Waals surface area (Å²) in [5.41, 5.74) is -0.0317. The molecule has 4 nitrogen and oxygen atoms in total. The average molecular weight is 318 g/mol. The molecular formula is C17H16F2N2O2. The SMILES string of the molecule is CC(OC(=O)c1ccc(NC2CC2)nc1)c1c(F)cccc1F. The maximum atomic E-state index is 13.7. The Hall–Kier alpha value is -2.50. The van der Waals surface area contributed by atoms with Crippen LogP contribution in [0.25, 0.3) is 0 Å². The van der Waals surface area contributed by atoms with Gasteiger partial charge in [-0.05, 0) is 44.0 Å². The number of hydrogen-bond donors (Lipinski definition) is 1. The number of halogens is 2. The Morgan fingerprint density at radius 1 is 1.26 bits per heavy atom.